The van der Waals surface area contributed by atoms with Gasteiger partial charge in [0.05, 0.1) is 17.0 Å². The Morgan fingerprint density at radius 3 is 2.60 bits per heavy atom. The number of anilines is 1. The highest BCUT2D eigenvalue weighted by Crippen LogP contribution is 2.35. The maximum atomic E-state index is 14.7. The van der Waals surface area contributed by atoms with Gasteiger partial charge in [-0.3, -0.25) is 14.2 Å². The molecular weight excluding hydrogens is 466 g/mol. The van der Waals surface area contributed by atoms with Gasteiger partial charge in [-0.25, -0.2) is 14.4 Å². The van der Waals surface area contributed by atoms with Gasteiger partial charge in [0.2, 0.25) is 5.91 Å². The second-order valence-corrected chi connectivity index (χ2v) is 8.40. The van der Waals surface area contributed by atoms with E-state index in [1.807, 2.05) is 6.08 Å². The van der Waals surface area contributed by atoms with E-state index >= 15 is 0 Å². The second kappa shape index (κ2) is 9.12. The van der Waals surface area contributed by atoms with Crippen LogP contribution in [-0.2, 0) is 18.0 Å². The van der Waals surface area contributed by atoms with Crippen molar-refractivity contribution < 1.29 is 22.4 Å². The highest BCUT2D eigenvalue weighted by atomic mass is 19.4. The van der Waals surface area contributed by atoms with E-state index in [1.54, 1.807) is 18.0 Å². The molecule has 0 radical (unpaired) electrons. The molecule has 1 N–H and O–H groups in total. The SMILES string of the molecule is CC(=O)N1CC=C(c2cc3c(N[C@H](C)c4cccc(C(F)(F)F)c4F)ncnc3n(C)c2=O)CC1. The molecule has 0 saturated heterocycles. The molecule has 3 aromatic rings. The monoisotopic (exact) mass is 489 g/mol. The summed E-state index contributed by atoms with van der Waals surface area (Å²) in [5.74, 6) is -1.16. The van der Waals surface area contributed by atoms with E-state index in [0.29, 0.717) is 42.2 Å². The molecule has 1 aromatic carbocycles. The topological polar surface area (TPSA) is 80.1 Å². The number of alkyl halides is 3. The number of hydrogen-bond donors (Lipinski definition) is 1. The lowest BCUT2D eigenvalue weighted by atomic mass is 9.99. The van der Waals surface area contributed by atoms with Crippen molar-refractivity contribution in [2.45, 2.75) is 32.5 Å². The Morgan fingerprint density at radius 1 is 1.23 bits per heavy atom. The van der Waals surface area contributed by atoms with E-state index in [4.69, 9.17) is 0 Å². The minimum absolute atomic E-state index is 0.0533. The van der Waals surface area contributed by atoms with E-state index in [9.17, 15) is 27.2 Å². The first kappa shape index (κ1) is 24.4. The molecule has 0 spiro atoms. The number of amides is 1. The normalized spacial score (nSPS) is 15.2. The smallest absolute Gasteiger partial charge is 0.363 e. The maximum absolute atomic E-state index is 14.7. The Balaban J connectivity index is 1.75. The standard InChI is InChI=1S/C24H23F4N5O2/c1-13(16-5-4-6-19(20(16)25)24(26,27)28)31-21-18-11-17(15-7-9-33(10-8-15)14(2)34)23(35)32(3)22(18)30-12-29-21/h4-7,11-13H,8-10H2,1-3H3,(H,29,30,31)/t13-/m1/s1. The third kappa shape index (κ3) is 4.62. The number of carbonyl (C=O) groups is 1. The van der Waals surface area contributed by atoms with E-state index in [0.717, 1.165) is 11.6 Å². The van der Waals surface area contributed by atoms with E-state index < -0.39 is 23.6 Å². The molecule has 7 nitrogen and oxygen atoms in total. The van der Waals surface area contributed by atoms with Gasteiger partial charge in [0, 0.05) is 38.2 Å². The fraction of sp³-hybridized carbons (Fsp3) is 0.333. The number of pyridine rings is 1. The highest BCUT2D eigenvalue weighted by Gasteiger charge is 2.35. The molecule has 1 aliphatic rings. The van der Waals surface area contributed by atoms with Crippen LogP contribution in [0.15, 0.2) is 41.5 Å². The number of aromatic nitrogens is 3. The lowest BCUT2D eigenvalue weighted by molar-refractivity contribution is -0.140. The number of nitrogens with one attached hydrogen (secondary N) is 1. The van der Waals surface area contributed by atoms with Gasteiger partial charge < -0.3 is 10.2 Å². The molecule has 35 heavy (non-hydrogen) atoms. The first-order valence-corrected chi connectivity index (χ1v) is 10.9. The lowest BCUT2D eigenvalue weighted by Crippen LogP contribution is -2.33. The average molecular weight is 489 g/mol. The van der Waals surface area contributed by atoms with Crippen LogP contribution in [0.25, 0.3) is 16.6 Å². The van der Waals surface area contributed by atoms with Crippen molar-refractivity contribution in [2.75, 3.05) is 18.4 Å². The van der Waals surface area contributed by atoms with Gasteiger partial charge in [0.25, 0.3) is 5.56 Å². The number of rotatable bonds is 4. The van der Waals surface area contributed by atoms with Crippen LogP contribution in [0.4, 0.5) is 23.4 Å². The molecular formula is C24H23F4N5O2. The predicted octanol–water partition coefficient (Wildman–Crippen LogP) is 4.30. The van der Waals surface area contributed by atoms with Crippen molar-refractivity contribution >= 4 is 28.3 Å². The summed E-state index contributed by atoms with van der Waals surface area (Å²) < 4.78 is 55.5. The predicted molar refractivity (Wildman–Crippen MR) is 123 cm³/mol. The number of nitrogens with zero attached hydrogens (tertiary/aromatic N) is 4. The summed E-state index contributed by atoms with van der Waals surface area (Å²) in [6.07, 6.45) is -1.28. The van der Waals surface area contributed by atoms with Gasteiger partial charge in [0.15, 0.2) is 0 Å². The molecule has 4 rings (SSSR count). The summed E-state index contributed by atoms with van der Waals surface area (Å²) >= 11 is 0. The van der Waals surface area contributed by atoms with Crippen LogP contribution in [0.5, 0.6) is 0 Å². The second-order valence-electron chi connectivity index (χ2n) is 8.40. The van der Waals surface area contributed by atoms with Crippen LogP contribution in [-0.4, -0.2) is 38.4 Å². The molecule has 0 fully saturated rings. The summed E-state index contributed by atoms with van der Waals surface area (Å²) in [5.41, 5.74) is -0.284. The minimum Gasteiger partial charge on any atom is -0.363 e. The number of fused-ring (bicyclic) bond motifs is 1. The van der Waals surface area contributed by atoms with Gasteiger partial charge in [-0.05, 0) is 31.1 Å². The summed E-state index contributed by atoms with van der Waals surface area (Å²) in [6, 6.07) is 3.89. The zero-order chi connectivity index (χ0) is 25.5. The van der Waals surface area contributed by atoms with Crippen molar-refractivity contribution in [3.63, 3.8) is 0 Å². The van der Waals surface area contributed by atoms with E-state index in [-0.39, 0.29) is 22.8 Å². The highest BCUT2D eigenvalue weighted by molar-refractivity contribution is 5.89. The molecule has 1 amide bonds. The molecule has 1 atom stereocenters. The Hall–Kier alpha value is -3.76. The molecule has 11 heteroatoms. The van der Waals surface area contributed by atoms with Crippen molar-refractivity contribution in [3.8, 4) is 0 Å². The van der Waals surface area contributed by atoms with Crippen molar-refractivity contribution in [1.82, 2.24) is 19.4 Å². The van der Waals surface area contributed by atoms with Crippen LogP contribution in [0.2, 0.25) is 0 Å². The third-order valence-electron chi connectivity index (χ3n) is 6.16. The van der Waals surface area contributed by atoms with Gasteiger partial charge in [-0.2, -0.15) is 13.2 Å². The molecule has 0 bridgehead atoms. The fourth-order valence-corrected chi connectivity index (χ4v) is 4.20. The minimum atomic E-state index is -4.82. The largest absolute Gasteiger partial charge is 0.419 e. The molecule has 0 saturated carbocycles. The molecule has 184 valence electrons. The first-order chi connectivity index (χ1) is 16.5. The van der Waals surface area contributed by atoms with Crippen LogP contribution < -0.4 is 10.9 Å². The number of aryl methyl sites for hydroxylation is 1. The molecule has 2 aromatic heterocycles. The quantitative estimate of drug-likeness (QED) is 0.553. The third-order valence-corrected chi connectivity index (χ3v) is 6.16. The van der Waals surface area contributed by atoms with Crippen LogP contribution in [0.3, 0.4) is 0 Å². The van der Waals surface area contributed by atoms with Crippen LogP contribution >= 0.6 is 0 Å². The molecule has 0 aliphatic carbocycles. The fourth-order valence-electron chi connectivity index (χ4n) is 4.20. The first-order valence-electron chi connectivity index (χ1n) is 10.9. The molecule has 3 heterocycles. The zero-order valence-corrected chi connectivity index (χ0v) is 19.3. The van der Waals surface area contributed by atoms with Gasteiger partial charge in [-0.15, -0.1) is 0 Å². The number of halogens is 4. The van der Waals surface area contributed by atoms with Crippen molar-refractivity contribution in [1.29, 1.82) is 0 Å². The summed E-state index contributed by atoms with van der Waals surface area (Å²) in [5, 5.41) is 3.43. The van der Waals surface area contributed by atoms with Crippen molar-refractivity contribution in [2.24, 2.45) is 7.05 Å². The van der Waals surface area contributed by atoms with E-state index in [2.05, 4.69) is 15.3 Å². The summed E-state index contributed by atoms with van der Waals surface area (Å²) in [6.45, 7) is 3.87. The Bertz CT molecular complexity index is 1400. The lowest BCUT2D eigenvalue weighted by Gasteiger charge is -2.25. The van der Waals surface area contributed by atoms with Crippen LogP contribution in [0, 0.1) is 5.82 Å². The maximum Gasteiger partial charge on any atom is 0.419 e. The average Bonchev–Trinajstić information content (AvgIpc) is 2.81. The molecule has 1 aliphatic heterocycles. The number of benzene rings is 1. The number of hydrogen-bond acceptors (Lipinski definition) is 5. The summed E-state index contributed by atoms with van der Waals surface area (Å²) in [7, 11) is 1.56. The van der Waals surface area contributed by atoms with Gasteiger partial charge in [-0.1, -0.05) is 18.2 Å². The summed E-state index contributed by atoms with van der Waals surface area (Å²) in [4.78, 5) is 34.7. The van der Waals surface area contributed by atoms with Crippen molar-refractivity contribution in [3.05, 3.63) is 69.5 Å². The van der Waals surface area contributed by atoms with E-state index in [1.165, 1.54) is 30.8 Å². The Labute approximate surface area is 198 Å². The van der Waals surface area contributed by atoms with Crippen LogP contribution in [0.1, 0.15) is 43.0 Å². The Kier molecular flexibility index (Phi) is 6.35. The van der Waals surface area contributed by atoms with Gasteiger partial charge >= 0.3 is 6.18 Å². The molecule has 0 unspecified atom stereocenters. The van der Waals surface area contributed by atoms with Gasteiger partial charge in [0.1, 0.15) is 23.6 Å². The Morgan fingerprint density at radius 2 is 1.97 bits per heavy atom. The zero-order valence-electron chi connectivity index (χ0n) is 19.3. The number of carbonyl (C=O) groups excluding carboxylic acids is 1.